The van der Waals surface area contributed by atoms with E-state index < -0.39 is 0 Å². The van der Waals surface area contributed by atoms with E-state index in [0.717, 1.165) is 21.9 Å². The lowest BCUT2D eigenvalue weighted by Gasteiger charge is -2.24. The van der Waals surface area contributed by atoms with Crippen LogP contribution in [0.2, 0.25) is 0 Å². The molecule has 30 heavy (non-hydrogen) atoms. The van der Waals surface area contributed by atoms with Crippen LogP contribution in [-0.2, 0) is 0 Å². The Labute approximate surface area is 173 Å². The molecule has 152 valence electrons. The van der Waals surface area contributed by atoms with E-state index in [4.69, 9.17) is 0 Å². The third kappa shape index (κ3) is 2.77. The minimum Gasteiger partial charge on any atom is -0.349 e. The summed E-state index contributed by atoms with van der Waals surface area (Å²) in [5.41, 5.74) is 3.88. The topological polar surface area (TPSA) is 81.0 Å². The number of carbonyl (C=O) groups excluding carboxylic acids is 2. The normalized spacial score (nSPS) is 16.1. The summed E-state index contributed by atoms with van der Waals surface area (Å²) in [4.78, 5) is 29.9. The Morgan fingerprint density at radius 2 is 1.97 bits per heavy atom. The van der Waals surface area contributed by atoms with Crippen molar-refractivity contribution in [2.24, 2.45) is 0 Å². The summed E-state index contributed by atoms with van der Waals surface area (Å²) >= 11 is 0. The van der Waals surface area contributed by atoms with Crippen molar-refractivity contribution in [1.82, 2.24) is 19.4 Å². The van der Waals surface area contributed by atoms with E-state index in [1.165, 1.54) is 0 Å². The van der Waals surface area contributed by atoms with Gasteiger partial charge in [0.2, 0.25) is 5.95 Å². The number of para-hydroxylation sites is 2. The van der Waals surface area contributed by atoms with E-state index in [0.29, 0.717) is 23.8 Å². The second kappa shape index (κ2) is 6.73. The molecule has 2 N–H and O–H groups in total. The van der Waals surface area contributed by atoms with Gasteiger partial charge >= 0.3 is 0 Å². The first-order valence-corrected chi connectivity index (χ1v) is 10.2. The molecule has 5 rings (SSSR count). The van der Waals surface area contributed by atoms with Gasteiger partial charge in [0, 0.05) is 35.1 Å². The zero-order chi connectivity index (χ0) is 21.0. The molecule has 2 aromatic carbocycles. The van der Waals surface area contributed by atoms with E-state index >= 15 is 0 Å². The fourth-order valence-corrected chi connectivity index (χ4v) is 4.26. The lowest BCUT2D eigenvalue weighted by atomic mass is 10.1. The molecule has 2 aromatic heterocycles. The zero-order valence-electron chi connectivity index (χ0n) is 17.1. The highest BCUT2D eigenvalue weighted by molar-refractivity contribution is 6.07. The number of fused-ring (bicyclic) bond motifs is 4. The molecule has 0 bridgehead atoms. The third-order valence-corrected chi connectivity index (χ3v) is 5.67. The van der Waals surface area contributed by atoms with Gasteiger partial charge in [0.1, 0.15) is 5.69 Å². The number of carbonyl (C=O) groups is 2. The molecule has 1 aliphatic heterocycles. The standard InChI is InChI=1S/C23H23N5O2/c1-13(2)27-18-7-5-4-6-17(18)25-23(27)26-21(29)16-9-8-15-10-20-22(30)24-12-14(3)28(20)19(15)11-16/h4-11,13-14H,12H2,1-3H3,(H,24,30)(H,25,26,29)/t14-/m1/s1. The fraction of sp³-hybridized carbons (Fsp3) is 0.261. The predicted molar refractivity (Wildman–Crippen MR) is 117 cm³/mol. The van der Waals surface area contributed by atoms with Crippen LogP contribution in [0.15, 0.2) is 48.5 Å². The van der Waals surface area contributed by atoms with Crippen molar-refractivity contribution in [1.29, 1.82) is 0 Å². The van der Waals surface area contributed by atoms with Gasteiger partial charge in [0.25, 0.3) is 11.8 Å². The molecule has 1 aliphatic rings. The average Bonchev–Trinajstić information content (AvgIpc) is 3.29. The first kappa shape index (κ1) is 18.4. The number of amides is 2. The molecule has 0 aliphatic carbocycles. The highest BCUT2D eigenvalue weighted by Crippen LogP contribution is 2.28. The number of benzene rings is 2. The number of nitrogens with one attached hydrogen (secondary N) is 2. The summed E-state index contributed by atoms with van der Waals surface area (Å²) in [7, 11) is 0. The molecule has 0 radical (unpaired) electrons. The van der Waals surface area contributed by atoms with E-state index in [1.807, 2.05) is 51.6 Å². The SMILES string of the molecule is CC(C)n1c(NC(=O)c2ccc3cc4n(c3c2)[C@H](C)CNC4=O)nc2ccccc21. The number of rotatable bonds is 3. The first-order chi connectivity index (χ1) is 14.4. The van der Waals surface area contributed by atoms with Crippen LogP contribution in [-0.4, -0.2) is 32.5 Å². The number of anilines is 1. The molecule has 1 atom stereocenters. The summed E-state index contributed by atoms with van der Waals surface area (Å²) in [6, 6.07) is 15.5. The smallest absolute Gasteiger partial charge is 0.268 e. The highest BCUT2D eigenvalue weighted by Gasteiger charge is 2.25. The van der Waals surface area contributed by atoms with E-state index in [9.17, 15) is 9.59 Å². The van der Waals surface area contributed by atoms with Gasteiger partial charge < -0.3 is 14.5 Å². The lowest BCUT2D eigenvalue weighted by Crippen LogP contribution is -2.37. The van der Waals surface area contributed by atoms with Crippen molar-refractivity contribution in [3.05, 3.63) is 59.8 Å². The van der Waals surface area contributed by atoms with Crippen LogP contribution in [0.4, 0.5) is 5.95 Å². The van der Waals surface area contributed by atoms with Crippen LogP contribution in [0.25, 0.3) is 21.9 Å². The number of nitrogens with zero attached hydrogens (tertiary/aromatic N) is 3. The van der Waals surface area contributed by atoms with Gasteiger partial charge in [-0.1, -0.05) is 18.2 Å². The largest absolute Gasteiger partial charge is 0.349 e. The van der Waals surface area contributed by atoms with E-state index in [1.54, 1.807) is 6.07 Å². The summed E-state index contributed by atoms with van der Waals surface area (Å²) in [5.74, 6) is 0.222. The highest BCUT2D eigenvalue weighted by atomic mass is 16.2. The molecule has 4 aromatic rings. The Kier molecular flexibility index (Phi) is 4.13. The van der Waals surface area contributed by atoms with Gasteiger partial charge in [-0.2, -0.15) is 0 Å². The first-order valence-electron chi connectivity index (χ1n) is 10.2. The van der Waals surface area contributed by atoms with Crippen LogP contribution in [0.1, 0.15) is 53.7 Å². The second-order valence-electron chi connectivity index (χ2n) is 8.07. The van der Waals surface area contributed by atoms with Gasteiger partial charge in [0.05, 0.1) is 11.0 Å². The molecule has 3 heterocycles. The Morgan fingerprint density at radius 3 is 2.77 bits per heavy atom. The van der Waals surface area contributed by atoms with Gasteiger partial charge in [0.15, 0.2) is 0 Å². The molecule has 0 saturated heterocycles. The molecule has 7 heteroatoms. The monoisotopic (exact) mass is 401 g/mol. The molecule has 0 unspecified atom stereocenters. The summed E-state index contributed by atoms with van der Waals surface area (Å²) in [5, 5.41) is 6.82. The maximum Gasteiger partial charge on any atom is 0.268 e. The fourth-order valence-electron chi connectivity index (χ4n) is 4.26. The van der Waals surface area contributed by atoms with Gasteiger partial charge in [-0.05, 0) is 51.1 Å². The Bertz CT molecular complexity index is 1310. The summed E-state index contributed by atoms with van der Waals surface area (Å²) in [6.45, 7) is 6.76. The third-order valence-electron chi connectivity index (χ3n) is 5.67. The van der Waals surface area contributed by atoms with E-state index in [-0.39, 0.29) is 23.9 Å². The Hall–Kier alpha value is -3.61. The predicted octanol–water partition coefficient (Wildman–Crippen LogP) is 4.13. The summed E-state index contributed by atoms with van der Waals surface area (Å²) in [6.07, 6.45) is 0. The zero-order valence-corrected chi connectivity index (χ0v) is 17.1. The molecule has 7 nitrogen and oxygen atoms in total. The molecule has 2 amide bonds. The molecular formula is C23H23N5O2. The van der Waals surface area contributed by atoms with Crippen LogP contribution in [0.3, 0.4) is 0 Å². The maximum atomic E-state index is 13.1. The minimum absolute atomic E-state index is 0.0825. The maximum absolute atomic E-state index is 13.1. The molecule has 0 saturated carbocycles. The quantitative estimate of drug-likeness (QED) is 0.542. The van der Waals surface area contributed by atoms with Crippen molar-refractivity contribution in [3.63, 3.8) is 0 Å². The summed E-state index contributed by atoms with van der Waals surface area (Å²) < 4.78 is 4.03. The lowest BCUT2D eigenvalue weighted by molar-refractivity contribution is 0.0919. The van der Waals surface area contributed by atoms with Gasteiger partial charge in [-0.15, -0.1) is 0 Å². The Balaban J connectivity index is 1.55. The molecular weight excluding hydrogens is 378 g/mol. The second-order valence-corrected chi connectivity index (χ2v) is 8.07. The van der Waals surface area contributed by atoms with Crippen LogP contribution >= 0.6 is 0 Å². The van der Waals surface area contributed by atoms with Crippen LogP contribution in [0.5, 0.6) is 0 Å². The van der Waals surface area contributed by atoms with Crippen LogP contribution < -0.4 is 10.6 Å². The molecule has 0 fully saturated rings. The van der Waals surface area contributed by atoms with Crippen molar-refractivity contribution in [2.45, 2.75) is 32.9 Å². The number of hydrogen-bond donors (Lipinski definition) is 2. The Morgan fingerprint density at radius 1 is 1.17 bits per heavy atom. The van der Waals surface area contributed by atoms with Crippen molar-refractivity contribution < 1.29 is 9.59 Å². The van der Waals surface area contributed by atoms with Crippen LogP contribution in [0, 0.1) is 0 Å². The van der Waals surface area contributed by atoms with Crippen molar-refractivity contribution in [3.8, 4) is 0 Å². The van der Waals surface area contributed by atoms with Gasteiger partial charge in [-0.3, -0.25) is 14.9 Å². The number of imidazole rings is 1. The average molecular weight is 401 g/mol. The van der Waals surface area contributed by atoms with E-state index in [2.05, 4.69) is 36.4 Å². The number of hydrogen-bond acceptors (Lipinski definition) is 3. The van der Waals surface area contributed by atoms with Gasteiger partial charge in [-0.25, -0.2) is 4.98 Å². The number of aromatic nitrogens is 3. The molecule has 0 spiro atoms. The van der Waals surface area contributed by atoms with Crippen molar-refractivity contribution in [2.75, 3.05) is 11.9 Å². The van der Waals surface area contributed by atoms with Crippen molar-refractivity contribution >= 4 is 39.7 Å². The minimum atomic E-state index is -0.224.